The molecule has 0 radical (unpaired) electrons. The standard InChI is InChI=1S/C14H16O6/c1-7-14(3,18)10-5-4-9(6-19-8(2)15)12(16)11(10)13(17)20-7/h4-5,7,16,18H,6H2,1-3H3/t7-,14+/m1/s1. The Bertz CT molecular complexity index is 575. The highest BCUT2D eigenvalue weighted by atomic mass is 16.6. The Morgan fingerprint density at radius 3 is 2.75 bits per heavy atom. The first-order valence-electron chi connectivity index (χ1n) is 6.17. The van der Waals surface area contributed by atoms with Crippen LogP contribution in [-0.4, -0.2) is 28.3 Å². The molecule has 0 spiro atoms. The number of hydrogen-bond acceptors (Lipinski definition) is 6. The smallest absolute Gasteiger partial charge is 0.342 e. The summed E-state index contributed by atoms with van der Waals surface area (Å²) < 4.78 is 9.83. The number of benzene rings is 1. The SMILES string of the molecule is CC(=O)OCc1ccc2c(c1O)C(=O)O[C@H](C)[C@]2(C)O. The monoisotopic (exact) mass is 280 g/mol. The number of aliphatic hydroxyl groups is 1. The zero-order chi connectivity index (χ0) is 15.1. The molecular formula is C14H16O6. The van der Waals surface area contributed by atoms with Crippen molar-refractivity contribution >= 4 is 11.9 Å². The van der Waals surface area contributed by atoms with Crippen LogP contribution in [-0.2, 0) is 26.5 Å². The average molecular weight is 280 g/mol. The van der Waals surface area contributed by atoms with Gasteiger partial charge in [0.2, 0.25) is 0 Å². The Labute approximate surface area is 115 Å². The molecule has 1 aliphatic rings. The van der Waals surface area contributed by atoms with Gasteiger partial charge in [0.05, 0.1) is 0 Å². The van der Waals surface area contributed by atoms with Gasteiger partial charge in [0, 0.05) is 18.1 Å². The summed E-state index contributed by atoms with van der Waals surface area (Å²) >= 11 is 0. The van der Waals surface area contributed by atoms with Gasteiger partial charge in [0.15, 0.2) is 0 Å². The fourth-order valence-corrected chi connectivity index (χ4v) is 2.11. The maximum atomic E-state index is 11.9. The Morgan fingerprint density at radius 1 is 1.50 bits per heavy atom. The second-order valence-electron chi connectivity index (χ2n) is 4.97. The lowest BCUT2D eigenvalue weighted by atomic mass is 9.84. The first-order chi connectivity index (χ1) is 9.25. The quantitative estimate of drug-likeness (QED) is 0.791. The minimum atomic E-state index is -1.39. The third-order valence-electron chi connectivity index (χ3n) is 3.52. The predicted octanol–water partition coefficient (Wildman–Crippen LogP) is 1.22. The summed E-state index contributed by atoms with van der Waals surface area (Å²) in [6.45, 7) is 4.17. The van der Waals surface area contributed by atoms with Gasteiger partial charge in [-0.3, -0.25) is 4.79 Å². The van der Waals surface area contributed by atoms with Gasteiger partial charge in [-0.05, 0) is 13.8 Å². The van der Waals surface area contributed by atoms with E-state index >= 15 is 0 Å². The summed E-state index contributed by atoms with van der Waals surface area (Å²) in [6.07, 6.45) is -0.721. The van der Waals surface area contributed by atoms with Gasteiger partial charge >= 0.3 is 11.9 Å². The topological polar surface area (TPSA) is 93.1 Å². The molecule has 0 saturated carbocycles. The molecule has 0 aliphatic carbocycles. The van der Waals surface area contributed by atoms with E-state index in [2.05, 4.69) is 0 Å². The van der Waals surface area contributed by atoms with Crippen LogP contribution in [0.3, 0.4) is 0 Å². The van der Waals surface area contributed by atoms with Crippen LogP contribution in [0.2, 0.25) is 0 Å². The lowest BCUT2D eigenvalue weighted by Crippen LogP contribution is -2.43. The van der Waals surface area contributed by atoms with Gasteiger partial charge < -0.3 is 19.7 Å². The summed E-state index contributed by atoms with van der Waals surface area (Å²) in [4.78, 5) is 22.7. The molecule has 0 unspecified atom stereocenters. The van der Waals surface area contributed by atoms with E-state index in [-0.39, 0.29) is 23.5 Å². The Balaban J connectivity index is 2.49. The predicted molar refractivity (Wildman–Crippen MR) is 68.0 cm³/mol. The van der Waals surface area contributed by atoms with Gasteiger partial charge in [0.1, 0.15) is 29.6 Å². The number of esters is 2. The zero-order valence-corrected chi connectivity index (χ0v) is 11.5. The molecular weight excluding hydrogens is 264 g/mol. The number of carbonyl (C=O) groups is 2. The van der Waals surface area contributed by atoms with Crippen molar-refractivity contribution in [2.45, 2.75) is 39.1 Å². The van der Waals surface area contributed by atoms with E-state index in [9.17, 15) is 19.8 Å². The normalized spacial score (nSPS) is 24.8. The van der Waals surface area contributed by atoms with Crippen molar-refractivity contribution in [1.82, 2.24) is 0 Å². The number of ether oxygens (including phenoxy) is 2. The van der Waals surface area contributed by atoms with E-state index < -0.39 is 23.6 Å². The van der Waals surface area contributed by atoms with Crippen LogP contribution in [0.15, 0.2) is 12.1 Å². The van der Waals surface area contributed by atoms with Gasteiger partial charge in [-0.1, -0.05) is 12.1 Å². The molecule has 0 saturated heterocycles. The number of cyclic esters (lactones) is 1. The van der Waals surface area contributed by atoms with Crippen LogP contribution in [0.4, 0.5) is 0 Å². The molecule has 20 heavy (non-hydrogen) atoms. The first-order valence-corrected chi connectivity index (χ1v) is 6.17. The number of phenolic OH excluding ortho intramolecular Hbond substituents is 1. The molecule has 1 aromatic carbocycles. The highest BCUT2D eigenvalue weighted by Crippen LogP contribution is 2.40. The van der Waals surface area contributed by atoms with Crippen molar-refractivity contribution in [3.63, 3.8) is 0 Å². The Hall–Kier alpha value is -2.08. The second-order valence-corrected chi connectivity index (χ2v) is 4.97. The number of carbonyl (C=O) groups excluding carboxylic acids is 2. The minimum Gasteiger partial charge on any atom is -0.507 e. The molecule has 1 aliphatic heterocycles. The summed E-state index contributed by atoms with van der Waals surface area (Å²) in [6, 6.07) is 3.04. The molecule has 6 heteroatoms. The third-order valence-corrected chi connectivity index (χ3v) is 3.52. The fraction of sp³-hybridized carbons (Fsp3) is 0.429. The van der Waals surface area contributed by atoms with Crippen LogP contribution < -0.4 is 0 Å². The fourth-order valence-electron chi connectivity index (χ4n) is 2.11. The molecule has 0 aromatic heterocycles. The number of hydrogen-bond donors (Lipinski definition) is 2. The number of fused-ring (bicyclic) bond motifs is 1. The van der Waals surface area contributed by atoms with E-state index in [1.54, 1.807) is 6.92 Å². The minimum absolute atomic E-state index is 0.0854. The Morgan fingerprint density at radius 2 is 2.15 bits per heavy atom. The maximum Gasteiger partial charge on any atom is 0.342 e. The van der Waals surface area contributed by atoms with Crippen molar-refractivity contribution in [3.05, 3.63) is 28.8 Å². The van der Waals surface area contributed by atoms with Crippen LogP contribution in [0, 0.1) is 0 Å². The summed E-state index contributed by atoms with van der Waals surface area (Å²) in [7, 11) is 0. The zero-order valence-electron chi connectivity index (χ0n) is 11.5. The second kappa shape index (κ2) is 4.79. The van der Waals surface area contributed by atoms with Gasteiger partial charge in [-0.15, -0.1) is 0 Å². The molecule has 1 aromatic rings. The molecule has 2 rings (SSSR count). The molecule has 6 nitrogen and oxygen atoms in total. The number of phenols is 1. The lowest BCUT2D eigenvalue weighted by molar-refractivity contribution is -0.142. The molecule has 2 N–H and O–H groups in total. The number of rotatable bonds is 2. The maximum absolute atomic E-state index is 11.9. The first kappa shape index (κ1) is 14.3. The van der Waals surface area contributed by atoms with Crippen LogP contribution in [0.1, 0.15) is 42.3 Å². The molecule has 0 amide bonds. The van der Waals surface area contributed by atoms with Crippen molar-refractivity contribution in [3.8, 4) is 5.75 Å². The van der Waals surface area contributed by atoms with E-state index in [4.69, 9.17) is 9.47 Å². The highest BCUT2D eigenvalue weighted by molar-refractivity contribution is 5.96. The highest BCUT2D eigenvalue weighted by Gasteiger charge is 2.43. The van der Waals surface area contributed by atoms with Gasteiger partial charge in [0.25, 0.3) is 0 Å². The van der Waals surface area contributed by atoms with Gasteiger partial charge in [-0.25, -0.2) is 4.79 Å². The van der Waals surface area contributed by atoms with E-state index in [0.717, 1.165) is 0 Å². The van der Waals surface area contributed by atoms with E-state index in [1.165, 1.54) is 26.0 Å². The van der Waals surface area contributed by atoms with Crippen molar-refractivity contribution < 1.29 is 29.3 Å². The molecule has 0 fully saturated rings. The van der Waals surface area contributed by atoms with Crippen LogP contribution in [0.5, 0.6) is 5.75 Å². The van der Waals surface area contributed by atoms with Crippen molar-refractivity contribution in [2.75, 3.05) is 0 Å². The molecule has 2 atom stereocenters. The van der Waals surface area contributed by atoms with E-state index in [0.29, 0.717) is 5.56 Å². The molecule has 0 bridgehead atoms. The summed E-state index contributed by atoms with van der Waals surface area (Å²) in [5.74, 6) is -1.53. The van der Waals surface area contributed by atoms with Crippen molar-refractivity contribution in [1.29, 1.82) is 0 Å². The number of aromatic hydroxyl groups is 1. The average Bonchev–Trinajstić information content (AvgIpc) is 2.34. The lowest BCUT2D eigenvalue weighted by Gasteiger charge is -2.36. The third kappa shape index (κ3) is 2.22. The largest absolute Gasteiger partial charge is 0.507 e. The van der Waals surface area contributed by atoms with Gasteiger partial charge in [-0.2, -0.15) is 0 Å². The summed E-state index contributed by atoms with van der Waals surface area (Å²) in [5, 5.41) is 20.5. The Kier molecular flexibility index (Phi) is 3.43. The van der Waals surface area contributed by atoms with Crippen LogP contribution >= 0.6 is 0 Å². The van der Waals surface area contributed by atoms with Crippen LogP contribution in [0.25, 0.3) is 0 Å². The summed E-state index contributed by atoms with van der Waals surface area (Å²) in [5.41, 5.74) is -0.898. The van der Waals surface area contributed by atoms with Crippen molar-refractivity contribution in [2.24, 2.45) is 0 Å². The molecule has 1 heterocycles. The molecule has 108 valence electrons. The van der Waals surface area contributed by atoms with E-state index in [1.807, 2.05) is 0 Å².